The van der Waals surface area contributed by atoms with Gasteiger partial charge in [0.05, 0.1) is 19.1 Å². The van der Waals surface area contributed by atoms with Crippen LogP contribution in [-0.4, -0.2) is 36.9 Å². The molecule has 0 bridgehead atoms. The van der Waals surface area contributed by atoms with Crippen LogP contribution in [0.1, 0.15) is 18.5 Å². The largest absolute Gasteiger partial charge is 0.348 e. The summed E-state index contributed by atoms with van der Waals surface area (Å²) in [4.78, 5) is 26.2. The van der Waals surface area contributed by atoms with Crippen LogP contribution in [0, 0.1) is 0 Å². The van der Waals surface area contributed by atoms with Gasteiger partial charge < -0.3 is 10.6 Å². The lowest BCUT2D eigenvalue weighted by Crippen LogP contribution is -2.39. The minimum Gasteiger partial charge on any atom is -0.348 e. The minimum absolute atomic E-state index is 0.112. The van der Waals surface area contributed by atoms with Crippen LogP contribution in [0.2, 0.25) is 5.02 Å². The van der Waals surface area contributed by atoms with Crippen molar-refractivity contribution in [2.24, 2.45) is 0 Å². The molecular formula is C23H24ClN3O2. The fourth-order valence-electron chi connectivity index (χ4n) is 3.13. The average molecular weight is 410 g/mol. The first-order valence-electron chi connectivity index (χ1n) is 9.43. The number of halogens is 1. The molecule has 2 amide bonds. The van der Waals surface area contributed by atoms with E-state index in [2.05, 4.69) is 34.9 Å². The van der Waals surface area contributed by atoms with Crippen molar-refractivity contribution in [1.82, 2.24) is 10.2 Å². The van der Waals surface area contributed by atoms with Crippen molar-refractivity contribution < 1.29 is 9.59 Å². The molecule has 6 heteroatoms. The monoisotopic (exact) mass is 409 g/mol. The summed E-state index contributed by atoms with van der Waals surface area (Å²) in [6.45, 7) is 2.20. The highest BCUT2D eigenvalue weighted by Gasteiger charge is 2.14. The number of amides is 2. The lowest BCUT2D eigenvalue weighted by atomic mass is 10.0. The Morgan fingerprint density at radius 2 is 1.59 bits per heavy atom. The van der Waals surface area contributed by atoms with Crippen LogP contribution in [0.25, 0.3) is 10.8 Å². The van der Waals surface area contributed by atoms with Crippen molar-refractivity contribution in [3.05, 3.63) is 77.3 Å². The molecule has 0 spiro atoms. The van der Waals surface area contributed by atoms with Crippen LogP contribution in [0.5, 0.6) is 0 Å². The van der Waals surface area contributed by atoms with Gasteiger partial charge in [0.2, 0.25) is 11.8 Å². The predicted octanol–water partition coefficient (Wildman–Crippen LogP) is 4.24. The molecule has 1 atom stereocenters. The van der Waals surface area contributed by atoms with Crippen LogP contribution < -0.4 is 10.6 Å². The summed E-state index contributed by atoms with van der Waals surface area (Å²) in [7, 11) is 1.74. The summed E-state index contributed by atoms with van der Waals surface area (Å²) in [6, 6.07) is 21.1. The number of anilines is 1. The van der Waals surface area contributed by atoms with Gasteiger partial charge in [0, 0.05) is 10.7 Å². The summed E-state index contributed by atoms with van der Waals surface area (Å²) >= 11 is 5.84. The van der Waals surface area contributed by atoms with E-state index in [4.69, 9.17) is 11.6 Å². The van der Waals surface area contributed by atoms with Crippen molar-refractivity contribution in [1.29, 1.82) is 0 Å². The van der Waals surface area contributed by atoms with Crippen molar-refractivity contribution >= 4 is 39.9 Å². The fourth-order valence-corrected chi connectivity index (χ4v) is 3.25. The number of carbonyl (C=O) groups is 2. The SMILES string of the molecule is C[C@H](NC(=O)CN(C)CC(=O)Nc1ccc(Cl)cc1)c1ccc2ccccc2c1. The number of hydrogen-bond acceptors (Lipinski definition) is 3. The third-order valence-electron chi connectivity index (χ3n) is 4.61. The first-order chi connectivity index (χ1) is 13.9. The summed E-state index contributed by atoms with van der Waals surface area (Å²) in [5.41, 5.74) is 1.71. The first-order valence-corrected chi connectivity index (χ1v) is 9.80. The van der Waals surface area contributed by atoms with Crippen molar-refractivity contribution in [3.8, 4) is 0 Å². The summed E-state index contributed by atoms with van der Waals surface area (Å²) < 4.78 is 0. The number of likely N-dealkylation sites (N-methyl/N-ethyl adjacent to an activating group) is 1. The molecule has 3 rings (SSSR count). The second kappa shape index (κ2) is 9.54. The number of nitrogens with one attached hydrogen (secondary N) is 2. The molecular weight excluding hydrogens is 386 g/mol. The Kier molecular flexibility index (Phi) is 6.86. The molecule has 5 nitrogen and oxygen atoms in total. The van der Waals surface area contributed by atoms with E-state index in [0.717, 1.165) is 10.9 Å². The Hall–Kier alpha value is -2.89. The van der Waals surface area contributed by atoms with E-state index in [1.165, 1.54) is 5.39 Å². The van der Waals surface area contributed by atoms with Crippen LogP contribution in [0.15, 0.2) is 66.7 Å². The highest BCUT2D eigenvalue weighted by molar-refractivity contribution is 6.30. The van der Waals surface area contributed by atoms with Crippen LogP contribution in [-0.2, 0) is 9.59 Å². The molecule has 0 saturated heterocycles. The van der Waals surface area contributed by atoms with Gasteiger partial charge >= 0.3 is 0 Å². The first kappa shape index (κ1) is 20.8. The number of fused-ring (bicyclic) bond motifs is 1. The Morgan fingerprint density at radius 3 is 2.31 bits per heavy atom. The zero-order valence-corrected chi connectivity index (χ0v) is 17.2. The molecule has 0 radical (unpaired) electrons. The van der Waals surface area contributed by atoms with Gasteiger partial charge in [-0.2, -0.15) is 0 Å². The topological polar surface area (TPSA) is 61.4 Å². The minimum atomic E-state index is -0.190. The van der Waals surface area contributed by atoms with Crippen molar-refractivity contribution in [3.63, 3.8) is 0 Å². The summed E-state index contributed by atoms with van der Waals surface area (Å²) in [5.74, 6) is -0.322. The molecule has 0 aromatic heterocycles. The molecule has 0 heterocycles. The van der Waals surface area contributed by atoms with E-state index < -0.39 is 0 Å². The molecule has 2 N–H and O–H groups in total. The smallest absolute Gasteiger partial charge is 0.238 e. The van der Waals surface area contributed by atoms with Crippen LogP contribution in [0.4, 0.5) is 5.69 Å². The standard InChI is InChI=1S/C23H24ClN3O2/c1-16(18-8-7-17-5-3-4-6-19(17)13-18)25-22(28)14-27(2)15-23(29)26-21-11-9-20(24)10-12-21/h3-13,16H,14-15H2,1-2H3,(H,25,28)(H,26,29)/t16-/m0/s1. The maximum absolute atomic E-state index is 12.4. The molecule has 0 aliphatic heterocycles. The molecule has 0 unspecified atom stereocenters. The molecule has 0 aliphatic rings. The van der Waals surface area contributed by atoms with Gasteiger partial charge in [0.1, 0.15) is 0 Å². The highest BCUT2D eigenvalue weighted by atomic mass is 35.5. The lowest BCUT2D eigenvalue weighted by Gasteiger charge is -2.19. The second-order valence-electron chi connectivity index (χ2n) is 7.12. The fraction of sp³-hybridized carbons (Fsp3) is 0.217. The highest BCUT2D eigenvalue weighted by Crippen LogP contribution is 2.20. The zero-order valence-electron chi connectivity index (χ0n) is 16.5. The molecule has 0 fully saturated rings. The van der Waals surface area contributed by atoms with Gasteiger partial charge in [-0.15, -0.1) is 0 Å². The average Bonchev–Trinajstić information content (AvgIpc) is 2.69. The maximum atomic E-state index is 12.4. The number of nitrogens with zero attached hydrogens (tertiary/aromatic N) is 1. The van der Waals surface area contributed by atoms with Crippen LogP contribution in [0.3, 0.4) is 0 Å². The Morgan fingerprint density at radius 1 is 0.931 bits per heavy atom. The van der Waals surface area contributed by atoms with E-state index in [9.17, 15) is 9.59 Å². The van der Waals surface area contributed by atoms with Crippen molar-refractivity contribution in [2.75, 3.05) is 25.5 Å². The van der Waals surface area contributed by atoms with E-state index in [-0.39, 0.29) is 30.9 Å². The number of rotatable bonds is 7. The summed E-state index contributed by atoms with van der Waals surface area (Å²) in [6.07, 6.45) is 0. The molecule has 29 heavy (non-hydrogen) atoms. The summed E-state index contributed by atoms with van der Waals surface area (Å²) in [5, 5.41) is 8.70. The quantitative estimate of drug-likeness (QED) is 0.613. The van der Waals surface area contributed by atoms with E-state index in [1.807, 2.05) is 25.1 Å². The second-order valence-corrected chi connectivity index (χ2v) is 7.56. The predicted molar refractivity (Wildman–Crippen MR) is 118 cm³/mol. The number of benzene rings is 3. The molecule has 0 saturated carbocycles. The maximum Gasteiger partial charge on any atom is 0.238 e. The molecule has 3 aromatic carbocycles. The third-order valence-corrected chi connectivity index (χ3v) is 4.86. The molecule has 150 valence electrons. The van der Waals surface area contributed by atoms with Crippen molar-refractivity contribution in [2.45, 2.75) is 13.0 Å². The Bertz CT molecular complexity index is 1000. The van der Waals surface area contributed by atoms with E-state index >= 15 is 0 Å². The molecule has 3 aromatic rings. The number of carbonyl (C=O) groups excluding carboxylic acids is 2. The Labute approximate surface area is 175 Å². The zero-order chi connectivity index (χ0) is 20.8. The van der Waals surface area contributed by atoms with Gasteiger partial charge in [0.15, 0.2) is 0 Å². The number of hydrogen-bond donors (Lipinski definition) is 2. The normalized spacial score (nSPS) is 12.0. The lowest BCUT2D eigenvalue weighted by molar-refractivity contribution is -0.123. The van der Waals surface area contributed by atoms with Gasteiger partial charge in [0.25, 0.3) is 0 Å². The van der Waals surface area contributed by atoms with E-state index in [0.29, 0.717) is 10.7 Å². The molecule has 0 aliphatic carbocycles. The van der Waals surface area contributed by atoms with E-state index in [1.54, 1.807) is 36.2 Å². The van der Waals surface area contributed by atoms with Gasteiger partial charge in [-0.3, -0.25) is 14.5 Å². The van der Waals surface area contributed by atoms with Gasteiger partial charge in [-0.25, -0.2) is 0 Å². The van der Waals surface area contributed by atoms with Crippen LogP contribution >= 0.6 is 11.6 Å². The van der Waals surface area contributed by atoms with Gasteiger partial charge in [-0.05, 0) is 60.6 Å². The van der Waals surface area contributed by atoms with Gasteiger partial charge in [-0.1, -0.05) is 48.0 Å². The Balaban J connectivity index is 1.49. The third kappa shape index (κ3) is 6.04.